The highest BCUT2D eigenvalue weighted by Crippen LogP contribution is 2.25. The first kappa shape index (κ1) is 14.6. The second-order valence-corrected chi connectivity index (χ2v) is 6.51. The first-order chi connectivity index (χ1) is 9.19. The molecule has 0 saturated carbocycles. The Morgan fingerprint density at radius 1 is 1.32 bits per heavy atom. The summed E-state index contributed by atoms with van der Waals surface area (Å²) in [5, 5.41) is 6.74. The van der Waals surface area contributed by atoms with Gasteiger partial charge in [0.2, 0.25) is 0 Å². The van der Waals surface area contributed by atoms with Crippen molar-refractivity contribution in [1.82, 2.24) is 10.3 Å². The molecule has 102 valence electrons. The van der Waals surface area contributed by atoms with E-state index in [1.165, 1.54) is 15.5 Å². The molecule has 4 heteroatoms. The standard InChI is InChI=1S/C15H20N2S2/c1-4-16-12(3)13-5-7-14(8-6-13)18-10-15-17-11(2)9-19-15/h5-9,12,16H,4,10H2,1-3H3. The lowest BCUT2D eigenvalue weighted by Crippen LogP contribution is -2.17. The Labute approximate surface area is 123 Å². The number of nitrogens with one attached hydrogen (secondary N) is 1. The Morgan fingerprint density at radius 2 is 2.05 bits per heavy atom. The third-order valence-corrected chi connectivity index (χ3v) is 5.09. The molecule has 1 heterocycles. The van der Waals surface area contributed by atoms with E-state index in [1.807, 2.05) is 18.7 Å². The summed E-state index contributed by atoms with van der Waals surface area (Å²) < 4.78 is 0. The van der Waals surface area contributed by atoms with Gasteiger partial charge in [-0.1, -0.05) is 19.1 Å². The van der Waals surface area contributed by atoms with Crippen LogP contribution in [0.3, 0.4) is 0 Å². The molecule has 1 atom stereocenters. The Bertz CT molecular complexity index is 505. The minimum atomic E-state index is 0.422. The maximum absolute atomic E-state index is 4.48. The number of benzene rings is 1. The van der Waals surface area contributed by atoms with Gasteiger partial charge in [0.25, 0.3) is 0 Å². The van der Waals surface area contributed by atoms with Gasteiger partial charge in [-0.25, -0.2) is 4.98 Å². The zero-order chi connectivity index (χ0) is 13.7. The van der Waals surface area contributed by atoms with E-state index in [9.17, 15) is 0 Å². The number of aryl methyl sites for hydroxylation is 1. The molecule has 0 spiro atoms. The van der Waals surface area contributed by atoms with E-state index in [0.29, 0.717) is 6.04 Å². The topological polar surface area (TPSA) is 24.9 Å². The molecule has 0 aliphatic heterocycles. The number of hydrogen-bond acceptors (Lipinski definition) is 4. The summed E-state index contributed by atoms with van der Waals surface area (Å²) in [6.07, 6.45) is 0. The average Bonchev–Trinajstić information content (AvgIpc) is 2.83. The molecule has 1 aromatic heterocycles. The lowest BCUT2D eigenvalue weighted by molar-refractivity contribution is 0.598. The number of hydrogen-bond donors (Lipinski definition) is 1. The fourth-order valence-electron chi connectivity index (χ4n) is 1.89. The predicted octanol–water partition coefficient (Wildman–Crippen LogP) is 4.41. The molecule has 0 amide bonds. The van der Waals surface area contributed by atoms with Crippen LogP contribution in [0.4, 0.5) is 0 Å². The van der Waals surface area contributed by atoms with E-state index in [0.717, 1.165) is 18.0 Å². The molecule has 1 aromatic carbocycles. The summed E-state index contributed by atoms with van der Waals surface area (Å²) in [6.45, 7) is 7.38. The minimum Gasteiger partial charge on any atom is -0.310 e. The second kappa shape index (κ2) is 7.08. The van der Waals surface area contributed by atoms with E-state index in [2.05, 4.69) is 53.8 Å². The van der Waals surface area contributed by atoms with Gasteiger partial charge in [-0.3, -0.25) is 0 Å². The monoisotopic (exact) mass is 292 g/mol. The SMILES string of the molecule is CCNC(C)c1ccc(SCc2nc(C)cs2)cc1. The van der Waals surface area contributed by atoms with Gasteiger partial charge in [-0.15, -0.1) is 23.1 Å². The summed E-state index contributed by atoms with van der Waals surface area (Å²) in [4.78, 5) is 5.79. The van der Waals surface area contributed by atoms with Crippen LogP contribution in [-0.2, 0) is 5.75 Å². The second-order valence-electron chi connectivity index (χ2n) is 4.52. The van der Waals surface area contributed by atoms with Crippen molar-refractivity contribution in [1.29, 1.82) is 0 Å². The molecule has 2 aromatic rings. The maximum Gasteiger partial charge on any atom is 0.103 e. The normalized spacial score (nSPS) is 12.6. The van der Waals surface area contributed by atoms with Crippen LogP contribution in [-0.4, -0.2) is 11.5 Å². The Balaban J connectivity index is 1.91. The number of thiazole rings is 1. The number of rotatable bonds is 6. The zero-order valence-electron chi connectivity index (χ0n) is 11.6. The molecule has 2 nitrogen and oxygen atoms in total. The third-order valence-electron chi connectivity index (χ3n) is 2.92. The van der Waals surface area contributed by atoms with Crippen molar-refractivity contribution in [2.24, 2.45) is 0 Å². The molecule has 0 fully saturated rings. The van der Waals surface area contributed by atoms with E-state index >= 15 is 0 Å². The molecule has 0 saturated heterocycles. The van der Waals surface area contributed by atoms with Crippen molar-refractivity contribution >= 4 is 23.1 Å². The molecular formula is C15H20N2S2. The number of nitrogens with zero attached hydrogens (tertiary/aromatic N) is 1. The summed E-state index contributed by atoms with van der Waals surface area (Å²) in [5.41, 5.74) is 2.46. The lowest BCUT2D eigenvalue weighted by Gasteiger charge is -2.12. The van der Waals surface area contributed by atoms with Crippen LogP contribution in [0.5, 0.6) is 0 Å². The van der Waals surface area contributed by atoms with Crippen molar-refractivity contribution in [3.8, 4) is 0 Å². The smallest absolute Gasteiger partial charge is 0.103 e. The molecule has 2 rings (SSSR count). The summed E-state index contributed by atoms with van der Waals surface area (Å²) >= 11 is 3.59. The highest BCUT2D eigenvalue weighted by Gasteiger charge is 2.04. The average molecular weight is 292 g/mol. The van der Waals surface area contributed by atoms with Crippen LogP contribution >= 0.6 is 23.1 Å². The van der Waals surface area contributed by atoms with Crippen molar-refractivity contribution in [3.63, 3.8) is 0 Å². The van der Waals surface area contributed by atoms with Gasteiger partial charge in [-0.05, 0) is 38.1 Å². The van der Waals surface area contributed by atoms with Crippen LogP contribution < -0.4 is 5.32 Å². The fourth-order valence-corrected chi connectivity index (χ4v) is 3.58. The van der Waals surface area contributed by atoms with Gasteiger partial charge in [0, 0.05) is 22.0 Å². The highest BCUT2D eigenvalue weighted by atomic mass is 32.2. The van der Waals surface area contributed by atoms with Gasteiger partial charge >= 0.3 is 0 Å². The first-order valence-electron chi connectivity index (χ1n) is 6.56. The van der Waals surface area contributed by atoms with Gasteiger partial charge in [0.1, 0.15) is 5.01 Å². The summed E-state index contributed by atoms with van der Waals surface area (Å²) in [6, 6.07) is 9.25. The molecule has 19 heavy (non-hydrogen) atoms. The number of thioether (sulfide) groups is 1. The van der Waals surface area contributed by atoms with E-state index in [4.69, 9.17) is 0 Å². The van der Waals surface area contributed by atoms with Crippen molar-refractivity contribution in [2.75, 3.05) is 6.54 Å². The molecular weight excluding hydrogens is 272 g/mol. The lowest BCUT2D eigenvalue weighted by atomic mass is 10.1. The third kappa shape index (κ3) is 4.34. The number of aromatic nitrogens is 1. The molecule has 1 unspecified atom stereocenters. The maximum atomic E-state index is 4.48. The Morgan fingerprint density at radius 3 is 2.63 bits per heavy atom. The van der Waals surface area contributed by atoms with E-state index < -0.39 is 0 Å². The molecule has 0 aliphatic rings. The van der Waals surface area contributed by atoms with Crippen LogP contribution in [0, 0.1) is 6.92 Å². The minimum absolute atomic E-state index is 0.422. The quantitative estimate of drug-likeness (QED) is 0.798. The van der Waals surface area contributed by atoms with Crippen LogP contribution in [0.15, 0.2) is 34.5 Å². The van der Waals surface area contributed by atoms with Crippen LogP contribution in [0.1, 0.15) is 36.2 Å². The molecule has 0 radical (unpaired) electrons. The molecule has 1 N–H and O–H groups in total. The fraction of sp³-hybridized carbons (Fsp3) is 0.400. The molecule has 0 bridgehead atoms. The van der Waals surface area contributed by atoms with Gasteiger partial charge < -0.3 is 5.32 Å². The largest absolute Gasteiger partial charge is 0.310 e. The first-order valence-corrected chi connectivity index (χ1v) is 8.42. The van der Waals surface area contributed by atoms with Crippen molar-refractivity contribution in [2.45, 2.75) is 37.5 Å². The Kier molecular flexibility index (Phi) is 5.43. The summed E-state index contributed by atoms with van der Waals surface area (Å²) in [5.74, 6) is 0.959. The van der Waals surface area contributed by atoms with Crippen LogP contribution in [0.25, 0.3) is 0 Å². The van der Waals surface area contributed by atoms with Crippen molar-refractivity contribution in [3.05, 3.63) is 45.9 Å². The highest BCUT2D eigenvalue weighted by molar-refractivity contribution is 7.98. The van der Waals surface area contributed by atoms with E-state index in [1.54, 1.807) is 11.3 Å². The zero-order valence-corrected chi connectivity index (χ0v) is 13.3. The van der Waals surface area contributed by atoms with Crippen molar-refractivity contribution < 1.29 is 0 Å². The van der Waals surface area contributed by atoms with E-state index in [-0.39, 0.29) is 0 Å². The van der Waals surface area contributed by atoms with Gasteiger partial charge in [-0.2, -0.15) is 0 Å². The van der Waals surface area contributed by atoms with Crippen LogP contribution in [0.2, 0.25) is 0 Å². The Hall–Kier alpha value is -0.840. The van der Waals surface area contributed by atoms with Gasteiger partial charge in [0.05, 0.1) is 5.75 Å². The molecule has 0 aliphatic carbocycles. The summed E-state index contributed by atoms with van der Waals surface area (Å²) in [7, 11) is 0. The predicted molar refractivity (Wildman–Crippen MR) is 84.9 cm³/mol. The van der Waals surface area contributed by atoms with Gasteiger partial charge in [0.15, 0.2) is 0 Å².